The normalized spacial score (nSPS) is 21.8. The van der Waals surface area contributed by atoms with Crippen LogP contribution in [0.1, 0.15) is 39.5 Å². The van der Waals surface area contributed by atoms with Crippen molar-refractivity contribution < 1.29 is 19.4 Å². The SMILES string of the molecule is CCOC(=O)[C@@H]1C[C@@H](C)CCN1C(=O)[C@@H](N)CCCN/C(N)=N\[N+](=O)[O-]. The topological polar surface area (TPSA) is 166 Å². The zero-order valence-corrected chi connectivity index (χ0v) is 15.2. The van der Waals surface area contributed by atoms with E-state index in [9.17, 15) is 19.7 Å². The molecule has 26 heavy (non-hydrogen) atoms. The number of rotatable bonds is 8. The van der Waals surface area contributed by atoms with E-state index in [1.165, 1.54) is 4.90 Å². The molecule has 0 spiro atoms. The summed E-state index contributed by atoms with van der Waals surface area (Å²) in [7, 11) is 0. The standard InChI is InChI=1S/C15H28N6O5/c1-3-26-14(23)12-9-10(2)6-8-20(12)13(22)11(16)5-4-7-18-15(17)19-21(24)25/h10-12H,3-9,16H2,1-2H3,(H3,17,18,19)/t10-,11-,12-/m0/s1. The van der Waals surface area contributed by atoms with Gasteiger partial charge in [-0.25, -0.2) is 14.9 Å². The van der Waals surface area contributed by atoms with E-state index in [2.05, 4.69) is 10.4 Å². The van der Waals surface area contributed by atoms with E-state index in [1.54, 1.807) is 6.92 Å². The maximum atomic E-state index is 12.6. The van der Waals surface area contributed by atoms with Crippen LogP contribution in [0, 0.1) is 16.0 Å². The molecule has 0 aromatic rings. The number of ether oxygens (including phenoxy) is 1. The minimum atomic E-state index is -0.898. The molecule has 0 unspecified atom stereocenters. The van der Waals surface area contributed by atoms with Gasteiger partial charge in [0.25, 0.3) is 5.96 Å². The Balaban J connectivity index is 2.54. The monoisotopic (exact) mass is 372 g/mol. The fourth-order valence-corrected chi connectivity index (χ4v) is 2.87. The van der Waals surface area contributed by atoms with E-state index in [0.29, 0.717) is 38.3 Å². The lowest BCUT2D eigenvalue weighted by molar-refractivity contribution is -0.485. The number of esters is 1. The van der Waals surface area contributed by atoms with E-state index >= 15 is 0 Å². The maximum absolute atomic E-state index is 12.6. The van der Waals surface area contributed by atoms with Crippen molar-refractivity contribution in [3.05, 3.63) is 10.1 Å². The Morgan fingerprint density at radius 2 is 2.19 bits per heavy atom. The summed E-state index contributed by atoms with van der Waals surface area (Å²) in [4.78, 5) is 36.5. The van der Waals surface area contributed by atoms with Crippen LogP contribution in [0.25, 0.3) is 0 Å². The summed E-state index contributed by atoms with van der Waals surface area (Å²) < 4.78 is 5.08. The number of amides is 1. The quantitative estimate of drug-likeness (QED) is 0.127. The molecule has 1 amide bonds. The van der Waals surface area contributed by atoms with E-state index in [-0.39, 0.29) is 18.5 Å². The summed E-state index contributed by atoms with van der Waals surface area (Å²) in [6.07, 6.45) is 2.19. The maximum Gasteiger partial charge on any atom is 0.328 e. The van der Waals surface area contributed by atoms with Crippen LogP contribution in [0.15, 0.2) is 5.10 Å². The van der Waals surface area contributed by atoms with Crippen LogP contribution >= 0.6 is 0 Å². The predicted octanol–water partition coefficient (Wildman–Crippen LogP) is -0.620. The van der Waals surface area contributed by atoms with E-state index in [0.717, 1.165) is 6.42 Å². The minimum absolute atomic E-state index is 0.261. The molecule has 0 aromatic heterocycles. The summed E-state index contributed by atoms with van der Waals surface area (Å²) in [6, 6.07) is -1.37. The summed E-state index contributed by atoms with van der Waals surface area (Å²) in [6.45, 7) is 4.79. The molecule has 0 radical (unpaired) electrons. The van der Waals surface area contributed by atoms with Gasteiger partial charge in [0.2, 0.25) is 5.91 Å². The number of carbonyl (C=O) groups is 2. The van der Waals surface area contributed by atoms with Gasteiger partial charge in [-0.2, -0.15) is 0 Å². The highest BCUT2D eigenvalue weighted by Gasteiger charge is 2.37. The average molecular weight is 372 g/mol. The third kappa shape index (κ3) is 6.82. The van der Waals surface area contributed by atoms with Gasteiger partial charge in [0, 0.05) is 13.1 Å². The lowest BCUT2D eigenvalue weighted by atomic mass is 9.91. The van der Waals surface area contributed by atoms with Crippen molar-refractivity contribution in [1.29, 1.82) is 0 Å². The number of likely N-dealkylation sites (tertiary alicyclic amines) is 1. The summed E-state index contributed by atoms with van der Waals surface area (Å²) in [5.41, 5.74) is 11.3. The third-order valence-electron chi connectivity index (χ3n) is 4.21. The number of piperidine rings is 1. The second-order valence-electron chi connectivity index (χ2n) is 6.33. The molecule has 0 aromatic carbocycles. The summed E-state index contributed by atoms with van der Waals surface area (Å²) >= 11 is 0. The first kappa shape index (κ1) is 21.6. The molecule has 1 fully saturated rings. The van der Waals surface area contributed by atoms with Gasteiger partial charge in [-0.15, -0.1) is 0 Å². The van der Waals surface area contributed by atoms with Crippen molar-refractivity contribution in [2.75, 3.05) is 19.7 Å². The molecule has 5 N–H and O–H groups in total. The summed E-state index contributed by atoms with van der Waals surface area (Å²) in [5, 5.41) is 14.7. The summed E-state index contributed by atoms with van der Waals surface area (Å²) in [5.74, 6) is -0.660. The van der Waals surface area contributed by atoms with Crippen molar-refractivity contribution in [1.82, 2.24) is 10.2 Å². The van der Waals surface area contributed by atoms with E-state index < -0.39 is 23.1 Å². The zero-order valence-electron chi connectivity index (χ0n) is 15.2. The number of nitrogens with one attached hydrogen (secondary N) is 1. The number of nitrogens with zero attached hydrogens (tertiary/aromatic N) is 3. The number of guanidine groups is 1. The van der Waals surface area contributed by atoms with Crippen molar-refractivity contribution >= 4 is 17.8 Å². The predicted molar refractivity (Wildman–Crippen MR) is 94.4 cm³/mol. The first-order valence-corrected chi connectivity index (χ1v) is 8.71. The molecule has 0 aliphatic carbocycles. The number of hydrazone groups is 1. The van der Waals surface area contributed by atoms with Gasteiger partial charge < -0.3 is 26.4 Å². The molecule has 0 bridgehead atoms. The van der Waals surface area contributed by atoms with Crippen LogP contribution in [-0.2, 0) is 14.3 Å². The largest absolute Gasteiger partial charge is 0.464 e. The molecule has 148 valence electrons. The molecule has 3 atom stereocenters. The number of carbonyl (C=O) groups excluding carboxylic acids is 2. The zero-order chi connectivity index (χ0) is 19.7. The van der Waals surface area contributed by atoms with Crippen molar-refractivity contribution in [2.45, 2.75) is 51.6 Å². The fraction of sp³-hybridized carbons (Fsp3) is 0.800. The second kappa shape index (κ2) is 10.5. The molecule has 1 rings (SSSR count). The lowest BCUT2D eigenvalue weighted by Gasteiger charge is -2.38. The highest BCUT2D eigenvalue weighted by molar-refractivity contribution is 5.87. The Hall–Kier alpha value is -2.43. The first-order valence-electron chi connectivity index (χ1n) is 8.71. The highest BCUT2D eigenvalue weighted by atomic mass is 16.7. The van der Waals surface area contributed by atoms with Crippen molar-refractivity contribution in [2.24, 2.45) is 22.5 Å². The van der Waals surface area contributed by atoms with E-state index in [1.807, 2.05) is 6.92 Å². The van der Waals surface area contributed by atoms with E-state index in [4.69, 9.17) is 16.2 Å². The van der Waals surface area contributed by atoms with Gasteiger partial charge in [0.1, 0.15) is 11.1 Å². The fourth-order valence-electron chi connectivity index (χ4n) is 2.87. The molecular weight excluding hydrogens is 344 g/mol. The van der Waals surface area contributed by atoms with Crippen LogP contribution in [0.4, 0.5) is 0 Å². The molecule has 0 saturated carbocycles. The number of hydrogen-bond donors (Lipinski definition) is 3. The molecule has 11 heteroatoms. The van der Waals surface area contributed by atoms with Crippen LogP contribution in [0.5, 0.6) is 0 Å². The van der Waals surface area contributed by atoms with Gasteiger partial charge in [0.15, 0.2) is 5.03 Å². The number of nitro groups is 1. The Bertz CT molecular complexity index is 541. The van der Waals surface area contributed by atoms with Gasteiger partial charge in [0.05, 0.1) is 12.6 Å². The smallest absolute Gasteiger partial charge is 0.328 e. The highest BCUT2D eigenvalue weighted by Crippen LogP contribution is 2.24. The Labute approximate surface area is 152 Å². The third-order valence-corrected chi connectivity index (χ3v) is 4.21. The number of hydrogen-bond acceptors (Lipinski definition) is 6. The average Bonchev–Trinajstić information content (AvgIpc) is 2.57. The molecular formula is C15H28N6O5. The molecule has 1 aliphatic heterocycles. The van der Waals surface area contributed by atoms with Gasteiger partial charge in [-0.1, -0.05) is 6.92 Å². The van der Waals surface area contributed by atoms with Gasteiger partial charge >= 0.3 is 5.97 Å². The van der Waals surface area contributed by atoms with Crippen molar-refractivity contribution in [3.63, 3.8) is 0 Å². The Kier molecular flexibility index (Phi) is 8.76. The molecule has 1 heterocycles. The Morgan fingerprint density at radius 1 is 1.50 bits per heavy atom. The molecule has 1 saturated heterocycles. The Morgan fingerprint density at radius 3 is 2.81 bits per heavy atom. The van der Waals surface area contributed by atoms with Crippen molar-refractivity contribution in [3.8, 4) is 0 Å². The molecule has 11 nitrogen and oxygen atoms in total. The van der Waals surface area contributed by atoms with Gasteiger partial charge in [-0.05, 0) is 38.5 Å². The lowest BCUT2D eigenvalue weighted by Crippen LogP contribution is -2.55. The van der Waals surface area contributed by atoms with Gasteiger partial charge in [-0.3, -0.25) is 4.79 Å². The van der Waals surface area contributed by atoms with Crippen LogP contribution in [0.2, 0.25) is 0 Å². The van der Waals surface area contributed by atoms with Crippen LogP contribution in [0.3, 0.4) is 0 Å². The molecule has 1 aliphatic rings. The van der Waals surface area contributed by atoms with Crippen LogP contribution in [-0.4, -0.2) is 59.5 Å². The first-order chi connectivity index (χ1) is 12.3. The second-order valence-corrected chi connectivity index (χ2v) is 6.33. The van der Waals surface area contributed by atoms with Crippen LogP contribution < -0.4 is 16.8 Å². The number of nitrogens with two attached hydrogens (primary N) is 2. The minimum Gasteiger partial charge on any atom is -0.464 e.